The van der Waals surface area contributed by atoms with E-state index < -0.39 is 19.8 Å². The van der Waals surface area contributed by atoms with Gasteiger partial charge in [0, 0.05) is 0 Å². The Morgan fingerprint density at radius 2 is 2.10 bits per heavy atom. The van der Waals surface area contributed by atoms with Crippen LogP contribution in [0.3, 0.4) is 0 Å². The average Bonchev–Trinajstić information content (AvgIpc) is 2.93. The third-order valence-corrected chi connectivity index (χ3v) is 3.84. The highest BCUT2D eigenvalue weighted by atomic mass is 31.2. The van der Waals surface area contributed by atoms with Crippen LogP contribution in [0.25, 0.3) is 0 Å². The molecule has 2 rings (SSSR count). The zero-order valence-electron chi connectivity index (χ0n) is 11.0. The molecule has 1 unspecified atom stereocenters. The molecule has 1 aromatic carbocycles. The van der Waals surface area contributed by atoms with Gasteiger partial charge < -0.3 is 14.4 Å². The lowest BCUT2D eigenvalue weighted by Gasteiger charge is -2.17. The minimum absolute atomic E-state index is 0.250. The topological polar surface area (TPSA) is 83.1 Å². The van der Waals surface area contributed by atoms with Crippen LogP contribution in [0.4, 0.5) is 0 Å². The van der Waals surface area contributed by atoms with E-state index in [0.29, 0.717) is 6.42 Å². The van der Waals surface area contributed by atoms with Crippen molar-refractivity contribution in [2.45, 2.75) is 18.9 Å². The summed E-state index contributed by atoms with van der Waals surface area (Å²) in [6, 6.07) is 7.77. The van der Waals surface area contributed by atoms with E-state index in [-0.39, 0.29) is 5.75 Å². The largest absolute Gasteiger partial charge is 0.618 e. The van der Waals surface area contributed by atoms with Gasteiger partial charge >= 0.3 is 13.8 Å². The Bertz CT molecular complexity index is 488. The highest BCUT2D eigenvalue weighted by Gasteiger charge is 2.38. The first kappa shape index (κ1) is 15.0. The zero-order chi connectivity index (χ0) is 14.4. The van der Waals surface area contributed by atoms with Crippen molar-refractivity contribution in [2.75, 3.05) is 13.7 Å². The van der Waals surface area contributed by atoms with Gasteiger partial charge in [-0.15, -0.1) is 4.67 Å². The monoisotopic (exact) mass is 301 g/mol. The Labute approximate surface area is 116 Å². The van der Waals surface area contributed by atoms with Crippen molar-refractivity contribution in [1.29, 1.82) is 0 Å². The van der Waals surface area contributed by atoms with Crippen molar-refractivity contribution in [1.82, 2.24) is 5.32 Å². The summed E-state index contributed by atoms with van der Waals surface area (Å²) in [6.45, 7) is 0.717. The molecule has 7 nitrogen and oxygen atoms in total. The number of hydrogen-bond donors (Lipinski definition) is 1. The molecule has 0 aromatic heterocycles. The molecule has 8 heteroatoms. The van der Waals surface area contributed by atoms with Crippen LogP contribution in [0.2, 0.25) is 0 Å². The number of hydrogen-bond acceptors (Lipinski definition) is 7. The van der Waals surface area contributed by atoms with E-state index in [4.69, 9.17) is 9.05 Å². The van der Waals surface area contributed by atoms with E-state index in [1.165, 1.54) is 0 Å². The molecule has 2 atom stereocenters. The molecule has 1 fully saturated rings. The molecule has 1 N–H and O–H groups in total. The van der Waals surface area contributed by atoms with E-state index in [0.717, 1.165) is 20.1 Å². The van der Waals surface area contributed by atoms with Gasteiger partial charge in [0.2, 0.25) is 0 Å². The van der Waals surface area contributed by atoms with E-state index in [2.05, 4.69) is 14.9 Å². The van der Waals surface area contributed by atoms with Crippen molar-refractivity contribution < 1.29 is 28.0 Å². The minimum Gasteiger partial charge on any atom is -0.394 e. The Morgan fingerprint density at radius 1 is 1.35 bits per heavy atom. The van der Waals surface area contributed by atoms with Gasteiger partial charge in [-0.1, -0.05) is 18.2 Å². The van der Waals surface area contributed by atoms with Gasteiger partial charge in [0.05, 0.1) is 7.11 Å². The van der Waals surface area contributed by atoms with Gasteiger partial charge in [-0.05, 0) is 31.5 Å². The molecule has 1 heterocycles. The van der Waals surface area contributed by atoms with Crippen molar-refractivity contribution in [3.63, 3.8) is 0 Å². The molecule has 1 aliphatic heterocycles. The van der Waals surface area contributed by atoms with Gasteiger partial charge in [-0.3, -0.25) is 0 Å². The summed E-state index contributed by atoms with van der Waals surface area (Å²) >= 11 is 0. The summed E-state index contributed by atoms with van der Waals surface area (Å²) in [5.74, 6) is -0.432. The predicted octanol–water partition coefficient (Wildman–Crippen LogP) is 2.05. The van der Waals surface area contributed by atoms with Crippen LogP contribution in [-0.4, -0.2) is 25.7 Å². The number of rotatable bonds is 6. The van der Waals surface area contributed by atoms with E-state index in [1.807, 2.05) is 0 Å². The number of phosphoric ester groups is 1. The average molecular weight is 301 g/mol. The van der Waals surface area contributed by atoms with Gasteiger partial charge in [-0.25, -0.2) is 14.2 Å². The van der Waals surface area contributed by atoms with Crippen LogP contribution in [0.1, 0.15) is 12.8 Å². The van der Waals surface area contributed by atoms with E-state index in [1.54, 1.807) is 30.3 Å². The van der Waals surface area contributed by atoms with E-state index in [9.17, 15) is 9.36 Å². The molecule has 1 aromatic rings. The lowest BCUT2D eigenvalue weighted by atomic mass is 10.2. The van der Waals surface area contributed by atoms with Crippen molar-refractivity contribution in [2.24, 2.45) is 0 Å². The number of carbonyl (C=O) groups is 1. The first-order chi connectivity index (χ1) is 9.63. The maximum atomic E-state index is 12.3. The summed E-state index contributed by atoms with van der Waals surface area (Å²) < 4.78 is 26.8. The summed E-state index contributed by atoms with van der Waals surface area (Å²) in [5, 5.41) is 2.94. The molecule has 0 saturated carbocycles. The summed E-state index contributed by atoms with van der Waals surface area (Å²) in [7, 11) is -3.01. The van der Waals surface area contributed by atoms with Gasteiger partial charge in [-0.2, -0.15) is 0 Å². The SMILES string of the molecule is COOP(=O)(OC(=O)[C@@H]1CCCN1)Oc1ccccc1. The maximum Gasteiger partial charge on any atom is 0.618 e. The van der Waals surface area contributed by atoms with Gasteiger partial charge in [0.1, 0.15) is 11.8 Å². The van der Waals surface area contributed by atoms with Gasteiger partial charge in [0.15, 0.2) is 0 Å². The van der Waals surface area contributed by atoms with Crippen LogP contribution in [0.5, 0.6) is 5.75 Å². The molecular formula is C12H16NO6P. The smallest absolute Gasteiger partial charge is 0.394 e. The highest BCUT2D eigenvalue weighted by Crippen LogP contribution is 2.50. The standard InChI is InChI=1S/C12H16NO6P/c1-16-19-20(15,17-10-6-3-2-4-7-10)18-12(14)11-8-5-9-13-11/h2-4,6-7,11,13H,5,8-9H2,1H3/t11-,20?/m0/s1. The van der Waals surface area contributed by atoms with Crippen molar-refractivity contribution >= 4 is 13.8 Å². The van der Waals surface area contributed by atoms with Crippen molar-refractivity contribution in [3.8, 4) is 5.75 Å². The second-order valence-electron chi connectivity index (χ2n) is 4.15. The molecule has 0 bridgehead atoms. The number of benzene rings is 1. The maximum absolute atomic E-state index is 12.3. The van der Waals surface area contributed by atoms with Crippen LogP contribution in [0.15, 0.2) is 30.3 Å². The normalized spacial score (nSPS) is 21.1. The molecule has 0 aliphatic carbocycles. The zero-order valence-corrected chi connectivity index (χ0v) is 11.9. The second-order valence-corrected chi connectivity index (χ2v) is 5.56. The fourth-order valence-corrected chi connectivity index (χ4v) is 2.82. The number of para-hydroxylation sites is 1. The molecule has 0 amide bonds. The molecule has 0 radical (unpaired) electrons. The van der Waals surface area contributed by atoms with Crippen LogP contribution >= 0.6 is 7.82 Å². The fraction of sp³-hybridized carbons (Fsp3) is 0.417. The highest BCUT2D eigenvalue weighted by molar-refractivity contribution is 7.49. The van der Waals surface area contributed by atoms with Crippen LogP contribution < -0.4 is 9.84 Å². The molecule has 0 spiro atoms. The number of carbonyl (C=O) groups excluding carboxylic acids is 1. The predicted molar refractivity (Wildman–Crippen MR) is 69.9 cm³/mol. The van der Waals surface area contributed by atoms with Crippen LogP contribution in [-0.2, 0) is 23.4 Å². The minimum atomic E-state index is -4.16. The van der Waals surface area contributed by atoms with E-state index >= 15 is 0 Å². The van der Waals surface area contributed by atoms with Crippen LogP contribution in [0, 0.1) is 0 Å². The second kappa shape index (κ2) is 6.85. The Kier molecular flexibility index (Phi) is 5.14. The Morgan fingerprint density at radius 3 is 2.70 bits per heavy atom. The molecular weight excluding hydrogens is 285 g/mol. The lowest BCUT2D eigenvalue weighted by molar-refractivity contribution is -0.198. The Balaban J connectivity index is 2.04. The molecule has 20 heavy (non-hydrogen) atoms. The third-order valence-electron chi connectivity index (χ3n) is 2.67. The lowest BCUT2D eigenvalue weighted by Crippen LogP contribution is -2.32. The summed E-state index contributed by atoms with van der Waals surface area (Å²) in [4.78, 5) is 16.2. The Hall–Kier alpha value is -1.40. The van der Waals surface area contributed by atoms with Crippen molar-refractivity contribution in [3.05, 3.63) is 30.3 Å². The molecule has 1 saturated heterocycles. The third kappa shape index (κ3) is 4.05. The molecule has 1 aliphatic rings. The first-order valence-electron chi connectivity index (χ1n) is 6.17. The first-order valence-corrected chi connectivity index (χ1v) is 7.63. The quantitative estimate of drug-likeness (QED) is 0.489. The summed E-state index contributed by atoms with van der Waals surface area (Å²) in [5.41, 5.74) is 0. The van der Waals surface area contributed by atoms with Gasteiger partial charge in [0.25, 0.3) is 0 Å². The number of nitrogens with one attached hydrogen (secondary N) is 1. The molecule has 110 valence electrons. The fourth-order valence-electron chi connectivity index (χ4n) is 1.81. The summed E-state index contributed by atoms with van der Waals surface area (Å²) in [6.07, 6.45) is 1.48. The number of phosphoric acid groups is 1.